The van der Waals surface area contributed by atoms with E-state index in [4.69, 9.17) is 16.3 Å². The summed E-state index contributed by atoms with van der Waals surface area (Å²) in [6.07, 6.45) is 1.49. The van der Waals surface area contributed by atoms with E-state index in [1.807, 2.05) is 18.2 Å². The Morgan fingerprint density at radius 2 is 1.96 bits per heavy atom. The maximum Gasteiger partial charge on any atom is 0.252 e. The molecule has 1 aromatic heterocycles. The second-order valence-corrected chi connectivity index (χ2v) is 6.04. The van der Waals surface area contributed by atoms with Crippen molar-refractivity contribution in [3.63, 3.8) is 0 Å². The minimum atomic E-state index is -0.145. The van der Waals surface area contributed by atoms with Gasteiger partial charge in [0.25, 0.3) is 5.91 Å². The van der Waals surface area contributed by atoms with Crippen molar-refractivity contribution >= 4 is 17.5 Å². The first kappa shape index (κ1) is 16.9. The molecule has 1 aromatic carbocycles. The van der Waals surface area contributed by atoms with Crippen molar-refractivity contribution in [2.45, 2.75) is 6.04 Å². The Labute approximate surface area is 146 Å². The molecule has 1 fully saturated rings. The summed E-state index contributed by atoms with van der Waals surface area (Å²) in [5.41, 5.74) is 1.70. The lowest BCUT2D eigenvalue weighted by atomic mass is 10.0. The van der Waals surface area contributed by atoms with Gasteiger partial charge in [0.2, 0.25) is 0 Å². The number of rotatable bonds is 5. The number of aromatic nitrogens is 1. The number of carbonyl (C=O) groups is 1. The zero-order valence-corrected chi connectivity index (χ0v) is 14.1. The van der Waals surface area contributed by atoms with E-state index in [9.17, 15) is 4.79 Å². The van der Waals surface area contributed by atoms with Gasteiger partial charge in [-0.3, -0.25) is 9.69 Å². The van der Waals surface area contributed by atoms with Crippen LogP contribution in [0.25, 0.3) is 0 Å². The van der Waals surface area contributed by atoms with Crippen LogP contribution in [0.15, 0.2) is 48.7 Å². The number of hydrogen-bond acceptors (Lipinski definition) is 4. The minimum absolute atomic E-state index is 0.124. The monoisotopic (exact) mass is 345 g/mol. The van der Waals surface area contributed by atoms with Crippen LogP contribution in [0.5, 0.6) is 0 Å². The summed E-state index contributed by atoms with van der Waals surface area (Å²) in [4.78, 5) is 18.6. The third-order valence-electron chi connectivity index (χ3n) is 4.12. The lowest BCUT2D eigenvalue weighted by Gasteiger charge is -2.34. The van der Waals surface area contributed by atoms with Crippen LogP contribution in [0.4, 0.5) is 0 Å². The van der Waals surface area contributed by atoms with Crippen LogP contribution in [-0.4, -0.2) is 48.6 Å². The quantitative estimate of drug-likeness (QED) is 0.846. The number of halogens is 1. The van der Waals surface area contributed by atoms with E-state index < -0.39 is 0 Å². The molecule has 1 saturated heterocycles. The maximum atomic E-state index is 12.3. The van der Waals surface area contributed by atoms with Gasteiger partial charge in [-0.2, -0.15) is 0 Å². The molecule has 0 radical (unpaired) electrons. The first-order chi connectivity index (χ1) is 11.7. The zero-order chi connectivity index (χ0) is 16.8. The van der Waals surface area contributed by atoms with Crippen LogP contribution >= 0.6 is 11.6 Å². The average molecular weight is 346 g/mol. The minimum Gasteiger partial charge on any atom is -0.379 e. The summed E-state index contributed by atoms with van der Waals surface area (Å²) in [5.74, 6) is -0.145. The molecule has 3 rings (SSSR count). The normalized spacial score (nSPS) is 16.5. The summed E-state index contributed by atoms with van der Waals surface area (Å²) in [7, 11) is 0. The summed E-state index contributed by atoms with van der Waals surface area (Å²) < 4.78 is 5.44. The summed E-state index contributed by atoms with van der Waals surface area (Å²) in [6.45, 7) is 3.69. The number of hydrogen-bond donors (Lipinski definition) is 1. The average Bonchev–Trinajstić information content (AvgIpc) is 2.64. The number of pyridine rings is 1. The molecule has 0 saturated carbocycles. The topological polar surface area (TPSA) is 54.5 Å². The molecule has 5 nitrogen and oxygen atoms in total. The van der Waals surface area contributed by atoms with E-state index in [-0.39, 0.29) is 11.9 Å². The Kier molecular flexibility index (Phi) is 5.80. The smallest absolute Gasteiger partial charge is 0.252 e. The van der Waals surface area contributed by atoms with Crippen molar-refractivity contribution in [2.24, 2.45) is 0 Å². The van der Waals surface area contributed by atoms with Crippen LogP contribution in [0, 0.1) is 0 Å². The highest BCUT2D eigenvalue weighted by atomic mass is 35.5. The van der Waals surface area contributed by atoms with Crippen LogP contribution in [0.1, 0.15) is 22.0 Å². The molecule has 1 aliphatic rings. The largest absolute Gasteiger partial charge is 0.379 e. The molecule has 0 aliphatic carbocycles. The van der Waals surface area contributed by atoms with Gasteiger partial charge in [-0.15, -0.1) is 0 Å². The molecule has 1 amide bonds. The highest BCUT2D eigenvalue weighted by Crippen LogP contribution is 2.21. The van der Waals surface area contributed by atoms with Crippen molar-refractivity contribution < 1.29 is 9.53 Å². The molecule has 0 spiro atoms. The van der Waals surface area contributed by atoms with E-state index in [2.05, 4.69) is 27.3 Å². The van der Waals surface area contributed by atoms with Gasteiger partial charge in [-0.25, -0.2) is 4.98 Å². The Balaban J connectivity index is 1.69. The third-order valence-corrected chi connectivity index (χ3v) is 4.34. The molecule has 0 bridgehead atoms. The van der Waals surface area contributed by atoms with E-state index >= 15 is 0 Å². The van der Waals surface area contributed by atoms with Crippen molar-refractivity contribution in [2.75, 3.05) is 32.8 Å². The first-order valence-electron chi connectivity index (χ1n) is 8.00. The number of benzene rings is 1. The molecule has 126 valence electrons. The Hall–Kier alpha value is -1.95. The maximum absolute atomic E-state index is 12.3. The highest BCUT2D eigenvalue weighted by Gasteiger charge is 2.23. The van der Waals surface area contributed by atoms with Crippen LogP contribution < -0.4 is 5.32 Å². The molecule has 2 aromatic rings. The Morgan fingerprint density at radius 1 is 1.21 bits per heavy atom. The van der Waals surface area contributed by atoms with E-state index in [0.29, 0.717) is 17.3 Å². The van der Waals surface area contributed by atoms with Gasteiger partial charge in [0.15, 0.2) is 0 Å². The second kappa shape index (κ2) is 8.24. The fourth-order valence-corrected chi connectivity index (χ4v) is 2.94. The first-order valence-corrected chi connectivity index (χ1v) is 8.38. The standard InChI is InChI=1S/C18H20ClN3O2/c19-17-7-6-15(12-20-17)18(23)21-13-16(14-4-2-1-3-5-14)22-8-10-24-11-9-22/h1-7,12,16H,8-11,13H2,(H,21,23). The van der Waals surface area contributed by atoms with Crippen LogP contribution in [-0.2, 0) is 4.74 Å². The van der Waals surface area contributed by atoms with E-state index in [1.54, 1.807) is 12.1 Å². The summed E-state index contributed by atoms with van der Waals surface area (Å²) >= 11 is 5.76. The van der Waals surface area contributed by atoms with Crippen molar-refractivity contribution in [3.8, 4) is 0 Å². The predicted octanol–water partition coefficient (Wildman–Crippen LogP) is 2.54. The number of nitrogens with one attached hydrogen (secondary N) is 1. The molecule has 6 heteroatoms. The van der Waals surface area contributed by atoms with E-state index in [1.165, 1.54) is 11.8 Å². The van der Waals surface area contributed by atoms with Gasteiger partial charge in [0.05, 0.1) is 24.8 Å². The molecular weight excluding hydrogens is 326 g/mol. The predicted molar refractivity (Wildman–Crippen MR) is 93.2 cm³/mol. The lowest BCUT2D eigenvalue weighted by molar-refractivity contribution is 0.0162. The summed E-state index contributed by atoms with van der Waals surface area (Å²) in [6, 6.07) is 13.6. The van der Waals surface area contributed by atoms with Crippen LogP contribution in [0.3, 0.4) is 0 Å². The van der Waals surface area contributed by atoms with Crippen molar-refractivity contribution in [1.82, 2.24) is 15.2 Å². The Morgan fingerprint density at radius 3 is 2.62 bits per heavy atom. The third kappa shape index (κ3) is 4.32. The van der Waals surface area contributed by atoms with Gasteiger partial charge < -0.3 is 10.1 Å². The van der Waals surface area contributed by atoms with Gasteiger partial charge in [0.1, 0.15) is 5.15 Å². The molecule has 1 aliphatic heterocycles. The number of carbonyl (C=O) groups excluding carboxylic acids is 1. The molecule has 24 heavy (non-hydrogen) atoms. The Bertz CT molecular complexity index is 658. The zero-order valence-electron chi connectivity index (χ0n) is 13.3. The lowest BCUT2D eigenvalue weighted by Crippen LogP contribution is -2.43. The molecule has 2 heterocycles. The number of ether oxygens (including phenoxy) is 1. The van der Waals surface area contributed by atoms with Gasteiger partial charge in [0, 0.05) is 25.8 Å². The van der Waals surface area contributed by atoms with Crippen molar-refractivity contribution in [3.05, 3.63) is 64.9 Å². The number of morpholine rings is 1. The second-order valence-electron chi connectivity index (χ2n) is 5.65. The fraction of sp³-hybridized carbons (Fsp3) is 0.333. The van der Waals surface area contributed by atoms with Gasteiger partial charge >= 0.3 is 0 Å². The summed E-state index contributed by atoms with van der Waals surface area (Å²) in [5, 5.41) is 3.39. The van der Waals surface area contributed by atoms with Crippen LogP contribution in [0.2, 0.25) is 5.15 Å². The van der Waals surface area contributed by atoms with Gasteiger partial charge in [-0.05, 0) is 17.7 Å². The van der Waals surface area contributed by atoms with E-state index in [0.717, 1.165) is 26.3 Å². The molecular formula is C18H20ClN3O2. The molecule has 1 unspecified atom stereocenters. The highest BCUT2D eigenvalue weighted by molar-refractivity contribution is 6.29. The number of amides is 1. The molecule has 1 atom stereocenters. The van der Waals surface area contributed by atoms with Gasteiger partial charge in [-0.1, -0.05) is 41.9 Å². The number of nitrogens with zero attached hydrogens (tertiary/aromatic N) is 2. The van der Waals surface area contributed by atoms with Crippen molar-refractivity contribution in [1.29, 1.82) is 0 Å². The fourth-order valence-electron chi connectivity index (χ4n) is 2.82. The SMILES string of the molecule is O=C(NCC(c1ccccc1)N1CCOCC1)c1ccc(Cl)nc1. The molecule has 1 N–H and O–H groups in total.